The zero-order valence-electron chi connectivity index (χ0n) is 14.0. The maximum absolute atomic E-state index is 9.87. The molecule has 2 rings (SSSR count). The predicted octanol–water partition coefficient (Wildman–Crippen LogP) is 2.49. The van der Waals surface area contributed by atoms with Crippen molar-refractivity contribution < 1.29 is 14.6 Å². The molecular weight excluding hydrogens is 266 g/mol. The molecule has 0 amide bonds. The topological polar surface area (TPSA) is 50.7 Å². The van der Waals surface area contributed by atoms with Crippen molar-refractivity contribution in [2.45, 2.75) is 76.5 Å². The summed E-state index contributed by atoms with van der Waals surface area (Å²) in [5.41, 5.74) is -0.124. The van der Waals surface area contributed by atoms with E-state index in [9.17, 15) is 5.11 Å². The Hall–Kier alpha value is -0.160. The van der Waals surface area contributed by atoms with Gasteiger partial charge in [-0.1, -0.05) is 6.42 Å². The van der Waals surface area contributed by atoms with E-state index < -0.39 is 0 Å². The van der Waals surface area contributed by atoms with E-state index in [-0.39, 0.29) is 17.7 Å². The first kappa shape index (κ1) is 17.2. The summed E-state index contributed by atoms with van der Waals surface area (Å²) < 4.78 is 11.4. The molecule has 2 fully saturated rings. The van der Waals surface area contributed by atoms with Crippen LogP contribution in [0.1, 0.15) is 59.3 Å². The highest BCUT2D eigenvalue weighted by atomic mass is 16.5. The van der Waals surface area contributed by atoms with Gasteiger partial charge in [0.05, 0.1) is 25.4 Å². The van der Waals surface area contributed by atoms with Crippen LogP contribution in [0.3, 0.4) is 0 Å². The fourth-order valence-corrected chi connectivity index (χ4v) is 3.38. The molecule has 0 heterocycles. The fourth-order valence-electron chi connectivity index (χ4n) is 3.38. The first-order chi connectivity index (χ1) is 9.95. The Bertz CT molecular complexity index is 312. The van der Waals surface area contributed by atoms with E-state index in [1.54, 1.807) is 0 Å². The second kappa shape index (κ2) is 7.40. The molecule has 2 unspecified atom stereocenters. The molecule has 0 aromatic rings. The average molecular weight is 299 g/mol. The summed E-state index contributed by atoms with van der Waals surface area (Å²) in [6, 6.07) is 0.652. The van der Waals surface area contributed by atoms with Crippen molar-refractivity contribution in [1.82, 2.24) is 5.32 Å². The molecule has 0 radical (unpaired) electrons. The van der Waals surface area contributed by atoms with Gasteiger partial charge in [-0.25, -0.2) is 0 Å². The number of ether oxygens (including phenoxy) is 2. The normalized spacial score (nSPS) is 30.0. The van der Waals surface area contributed by atoms with Gasteiger partial charge in [-0.2, -0.15) is 0 Å². The van der Waals surface area contributed by atoms with Gasteiger partial charge in [0.15, 0.2) is 0 Å². The summed E-state index contributed by atoms with van der Waals surface area (Å²) in [6.07, 6.45) is 7.12. The molecule has 2 aliphatic rings. The van der Waals surface area contributed by atoms with Crippen molar-refractivity contribution in [3.63, 3.8) is 0 Å². The SMILES string of the molecule is CC(C)(C)OCCOCCC1CCCC1(CO)NC1CC1. The first-order valence-corrected chi connectivity index (χ1v) is 8.55. The van der Waals surface area contributed by atoms with Gasteiger partial charge >= 0.3 is 0 Å². The molecule has 0 bridgehead atoms. The summed E-state index contributed by atoms with van der Waals surface area (Å²) in [6.45, 7) is 8.53. The van der Waals surface area contributed by atoms with Gasteiger partial charge in [0.2, 0.25) is 0 Å². The van der Waals surface area contributed by atoms with E-state index >= 15 is 0 Å². The third-order valence-electron chi connectivity index (χ3n) is 4.68. The van der Waals surface area contributed by atoms with Gasteiger partial charge in [-0.15, -0.1) is 0 Å². The lowest BCUT2D eigenvalue weighted by Gasteiger charge is -2.35. The summed E-state index contributed by atoms with van der Waals surface area (Å²) in [5.74, 6) is 0.548. The molecule has 0 aromatic carbocycles. The molecule has 4 nitrogen and oxygen atoms in total. The minimum absolute atomic E-state index is 0.0353. The predicted molar refractivity (Wildman–Crippen MR) is 84.5 cm³/mol. The number of aliphatic hydroxyl groups excluding tert-OH is 1. The largest absolute Gasteiger partial charge is 0.394 e. The lowest BCUT2D eigenvalue weighted by Crippen LogP contribution is -2.52. The Morgan fingerprint density at radius 2 is 1.90 bits per heavy atom. The number of nitrogens with one attached hydrogen (secondary N) is 1. The molecule has 2 N–H and O–H groups in total. The smallest absolute Gasteiger partial charge is 0.0707 e. The number of hydrogen-bond acceptors (Lipinski definition) is 4. The standard InChI is InChI=1S/C17H33NO3/c1-16(2,3)21-12-11-20-10-8-14-5-4-9-17(14,13-19)18-15-6-7-15/h14-15,18-19H,4-13H2,1-3H3. The van der Waals surface area contributed by atoms with Crippen LogP contribution in [-0.4, -0.2) is 48.7 Å². The van der Waals surface area contributed by atoms with Crippen LogP contribution in [0.5, 0.6) is 0 Å². The maximum atomic E-state index is 9.87. The van der Waals surface area contributed by atoms with E-state index in [0.717, 1.165) is 19.4 Å². The van der Waals surface area contributed by atoms with Crippen LogP contribution in [0.4, 0.5) is 0 Å². The molecule has 4 heteroatoms. The fraction of sp³-hybridized carbons (Fsp3) is 1.00. The molecule has 2 aliphatic carbocycles. The second-order valence-corrected chi connectivity index (χ2v) is 7.68. The highest BCUT2D eigenvalue weighted by molar-refractivity contribution is 5.02. The van der Waals surface area contributed by atoms with Crippen molar-refractivity contribution in [2.24, 2.45) is 5.92 Å². The van der Waals surface area contributed by atoms with Gasteiger partial charge in [-0.3, -0.25) is 0 Å². The van der Waals surface area contributed by atoms with Crippen molar-refractivity contribution >= 4 is 0 Å². The Kier molecular flexibility index (Phi) is 6.06. The maximum Gasteiger partial charge on any atom is 0.0707 e. The van der Waals surface area contributed by atoms with E-state index in [2.05, 4.69) is 26.1 Å². The molecule has 2 atom stereocenters. The van der Waals surface area contributed by atoms with Gasteiger partial charge in [0, 0.05) is 18.2 Å². The first-order valence-electron chi connectivity index (χ1n) is 8.55. The monoisotopic (exact) mass is 299 g/mol. The van der Waals surface area contributed by atoms with E-state index in [1.165, 1.54) is 25.7 Å². The van der Waals surface area contributed by atoms with Crippen LogP contribution in [0.15, 0.2) is 0 Å². The minimum atomic E-state index is -0.0883. The van der Waals surface area contributed by atoms with E-state index in [4.69, 9.17) is 9.47 Å². The average Bonchev–Trinajstić information content (AvgIpc) is 3.13. The van der Waals surface area contributed by atoms with Gasteiger partial charge in [-0.05, 0) is 58.8 Å². The van der Waals surface area contributed by atoms with Gasteiger partial charge in [0.25, 0.3) is 0 Å². The van der Waals surface area contributed by atoms with Crippen LogP contribution in [0.25, 0.3) is 0 Å². The van der Waals surface area contributed by atoms with Crippen molar-refractivity contribution in [3.8, 4) is 0 Å². The van der Waals surface area contributed by atoms with E-state index in [1.807, 2.05) is 0 Å². The molecule has 0 aromatic heterocycles. The third kappa shape index (κ3) is 5.51. The van der Waals surface area contributed by atoms with Crippen molar-refractivity contribution in [3.05, 3.63) is 0 Å². The summed E-state index contributed by atoms with van der Waals surface area (Å²) in [7, 11) is 0. The number of aliphatic hydroxyl groups is 1. The molecule has 0 saturated heterocycles. The molecule has 2 saturated carbocycles. The zero-order chi connectivity index (χ0) is 15.3. The lowest BCUT2D eigenvalue weighted by atomic mass is 9.85. The Morgan fingerprint density at radius 1 is 1.14 bits per heavy atom. The second-order valence-electron chi connectivity index (χ2n) is 7.68. The van der Waals surface area contributed by atoms with Crippen LogP contribution >= 0.6 is 0 Å². The van der Waals surface area contributed by atoms with Crippen LogP contribution in [-0.2, 0) is 9.47 Å². The summed E-state index contributed by atoms with van der Waals surface area (Å²) in [4.78, 5) is 0. The van der Waals surface area contributed by atoms with Crippen molar-refractivity contribution in [1.29, 1.82) is 0 Å². The summed E-state index contributed by atoms with van der Waals surface area (Å²) in [5, 5.41) is 13.6. The highest BCUT2D eigenvalue weighted by Crippen LogP contribution is 2.40. The van der Waals surface area contributed by atoms with Gasteiger partial charge in [0.1, 0.15) is 0 Å². The lowest BCUT2D eigenvalue weighted by molar-refractivity contribution is -0.0374. The minimum Gasteiger partial charge on any atom is -0.394 e. The quantitative estimate of drug-likeness (QED) is 0.642. The van der Waals surface area contributed by atoms with E-state index in [0.29, 0.717) is 25.2 Å². The molecule has 0 spiro atoms. The Labute approximate surface area is 129 Å². The zero-order valence-corrected chi connectivity index (χ0v) is 14.0. The molecule has 21 heavy (non-hydrogen) atoms. The summed E-state index contributed by atoms with van der Waals surface area (Å²) >= 11 is 0. The van der Waals surface area contributed by atoms with Crippen LogP contribution < -0.4 is 5.32 Å². The number of hydrogen-bond donors (Lipinski definition) is 2. The molecular formula is C17H33NO3. The molecule has 124 valence electrons. The Morgan fingerprint density at radius 3 is 2.52 bits per heavy atom. The third-order valence-corrected chi connectivity index (χ3v) is 4.68. The Balaban J connectivity index is 1.64. The van der Waals surface area contributed by atoms with Crippen LogP contribution in [0.2, 0.25) is 0 Å². The van der Waals surface area contributed by atoms with Crippen LogP contribution in [0, 0.1) is 5.92 Å². The highest BCUT2D eigenvalue weighted by Gasteiger charge is 2.44. The van der Waals surface area contributed by atoms with Crippen molar-refractivity contribution in [2.75, 3.05) is 26.4 Å². The molecule has 0 aliphatic heterocycles. The number of rotatable bonds is 9. The van der Waals surface area contributed by atoms with Gasteiger partial charge < -0.3 is 19.9 Å².